The SMILES string of the molecule is O=C(c1c(F)ccc(I)c1F)N1CCOCC1. The Morgan fingerprint density at radius 1 is 1.29 bits per heavy atom. The summed E-state index contributed by atoms with van der Waals surface area (Å²) in [5.41, 5.74) is -0.473. The van der Waals surface area contributed by atoms with Crippen LogP contribution in [0.15, 0.2) is 12.1 Å². The fraction of sp³-hybridized carbons (Fsp3) is 0.364. The van der Waals surface area contributed by atoms with E-state index in [-0.39, 0.29) is 3.57 Å². The average molecular weight is 353 g/mol. The van der Waals surface area contributed by atoms with E-state index in [1.54, 1.807) is 22.6 Å². The maximum atomic E-state index is 13.7. The average Bonchev–Trinajstić information content (AvgIpc) is 2.35. The van der Waals surface area contributed by atoms with Gasteiger partial charge in [0.05, 0.1) is 13.2 Å². The van der Waals surface area contributed by atoms with Gasteiger partial charge >= 0.3 is 0 Å². The summed E-state index contributed by atoms with van der Waals surface area (Å²) >= 11 is 1.73. The molecule has 17 heavy (non-hydrogen) atoms. The van der Waals surface area contributed by atoms with E-state index < -0.39 is 23.1 Å². The third kappa shape index (κ3) is 2.57. The lowest BCUT2D eigenvalue weighted by Crippen LogP contribution is -2.41. The molecule has 0 unspecified atom stereocenters. The third-order valence-corrected chi connectivity index (χ3v) is 3.39. The summed E-state index contributed by atoms with van der Waals surface area (Å²) in [7, 11) is 0. The Labute approximate surface area is 111 Å². The molecule has 1 aromatic rings. The number of halogens is 3. The van der Waals surface area contributed by atoms with Gasteiger partial charge in [-0.1, -0.05) is 0 Å². The van der Waals surface area contributed by atoms with E-state index in [9.17, 15) is 13.6 Å². The molecule has 2 rings (SSSR count). The first-order valence-corrected chi connectivity index (χ1v) is 6.19. The van der Waals surface area contributed by atoms with Crippen molar-refractivity contribution in [2.75, 3.05) is 26.3 Å². The predicted octanol–water partition coefficient (Wildman–Crippen LogP) is 2.04. The molecule has 1 heterocycles. The highest BCUT2D eigenvalue weighted by Crippen LogP contribution is 2.20. The number of amides is 1. The van der Waals surface area contributed by atoms with Crippen LogP contribution in [0.5, 0.6) is 0 Å². The van der Waals surface area contributed by atoms with Gasteiger partial charge in [-0.25, -0.2) is 8.78 Å². The number of benzene rings is 1. The first-order valence-electron chi connectivity index (χ1n) is 5.12. The van der Waals surface area contributed by atoms with E-state index in [1.807, 2.05) is 0 Å². The number of ether oxygens (including phenoxy) is 1. The minimum absolute atomic E-state index is 0.237. The van der Waals surface area contributed by atoms with E-state index in [0.29, 0.717) is 26.3 Å². The van der Waals surface area contributed by atoms with Gasteiger partial charge in [-0.15, -0.1) is 0 Å². The second-order valence-electron chi connectivity index (χ2n) is 3.62. The lowest BCUT2D eigenvalue weighted by atomic mass is 10.1. The van der Waals surface area contributed by atoms with Gasteiger partial charge in [-0.3, -0.25) is 4.79 Å². The Morgan fingerprint density at radius 3 is 2.59 bits per heavy atom. The molecule has 0 aromatic heterocycles. The fourth-order valence-electron chi connectivity index (χ4n) is 1.65. The van der Waals surface area contributed by atoms with Crippen molar-refractivity contribution in [2.45, 2.75) is 0 Å². The molecular formula is C11H10F2INO2. The van der Waals surface area contributed by atoms with E-state index in [4.69, 9.17) is 4.74 Å². The molecular weight excluding hydrogens is 343 g/mol. The van der Waals surface area contributed by atoms with Crippen LogP contribution in [0, 0.1) is 15.2 Å². The molecule has 1 fully saturated rings. The molecule has 0 N–H and O–H groups in total. The number of nitrogens with zero attached hydrogens (tertiary/aromatic N) is 1. The molecule has 0 saturated carbocycles. The Bertz CT molecular complexity index is 447. The number of rotatable bonds is 1. The predicted molar refractivity (Wildman–Crippen MR) is 65.8 cm³/mol. The standard InChI is InChI=1S/C11H10F2INO2/c12-7-1-2-8(14)10(13)9(7)11(16)15-3-5-17-6-4-15/h1-2H,3-6H2. The van der Waals surface area contributed by atoms with Crippen LogP contribution in [0.2, 0.25) is 0 Å². The molecule has 0 aliphatic carbocycles. The van der Waals surface area contributed by atoms with E-state index in [0.717, 1.165) is 6.07 Å². The molecule has 1 aromatic carbocycles. The van der Waals surface area contributed by atoms with Gasteiger partial charge in [0.1, 0.15) is 11.4 Å². The summed E-state index contributed by atoms with van der Waals surface area (Å²) in [5.74, 6) is -2.22. The van der Waals surface area contributed by atoms with E-state index in [2.05, 4.69) is 0 Å². The van der Waals surface area contributed by atoms with Gasteiger partial charge in [0.2, 0.25) is 0 Å². The van der Waals surface area contributed by atoms with Crippen molar-refractivity contribution in [3.63, 3.8) is 0 Å². The molecule has 0 radical (unpaired) electrons. The number of morpholine rings is 1. The van der Waals surface area contributed by atoms with Crippen LogP contribution < -0.4 is 0 Å². The van der Waals surface area contributed by atoms with Crippen LogP contribution >= 0.6 is 22.6 Å². The second-order valence-corrected chi connectivity index (χ2v) is 4.78. The lowest BCUT2D eigenvalue weighted by Gasteiger charge is -2.27. The smallest absolute Gasteiger partial charge is 0.260 e. The van der Waals surface area contributed by atoms with E-state index >= 15 is 0 Å². The van der Waals surface area contributed by atoms with Crippen molar-refractivity contribution >= 4 is 28.5 Å². The van der Waals surface area contributed by atoms with Gasteiger partial charge < -0.3 is 9.64 Å². The molecule has 0 bridgehead atoms. The van der Waals surface area contributed by atoms with Gasteiger partial charge in [0.25, 0.3) is 5.91 Å². The third-order valence-electron chi connectivity index (χ3n) is 2.56. The number of carbonyl (C=O) groups excluding carboxylic acids is 1. The van der Waals surface area contributed by atoms with Crippen LogP contribution in [0.4, 0.5) is 8.78 Å². The van der Waals surface area contributed by atoms with Crippen molar-refractivity contribution in [1.29, 1.82) is 0 Å². The van der Waals surface area contributed by atoms with Crippen LogP contribution in [0.25, 0.3) is 0 Å². The first kappa shape index (κ1) is 12.7. The summed E-state index contributed by atoms with van der Waals surface area (Å²) in [4.78, 5) is 13.4. The summed E-state index contributed by atoms with van der Waals surface area (Å²) < 4.78 is 32.6. The normalized spacial score (nSPS) is 16.1. The number of carbonyl (C=O) groups is 1. The zero-order valence-electron chi connectivity index (χ0n) is 8.88. The number of hydrogen-bond acceptors (Lipinski definition) is 2. The topological polar surface area (TPSA) is 29.5 Å². The van der Waals surface area contributed by atoms with Gasteiger partial charge in [-0.05, 0) is 34.7 Å². The van der Waals surface area contributed by atoms with Gasteiger partial charge in [0.15, 0.2) is 5.82 Å². The van der Waals surface area contributed by atoms with Crippen molar-refractivity contribution in [3.05, 3.63) is 32.9 Å². The highest BCUT2D eigenvalue weighted by atomic mass is 127. The second kappa shape index (κ2) is 5.26. The summed E-state index contributed by atoms with van der Waals surface area (Å²) in [5, 5.41) is 0. The first-order chi connectivity index (χ1) is 8.11. The molecule has 1 aliphatic heterocycles. The minimum Gasteiger partial charge on any atom is -0.378 e. The quantitative estimate of drug-likeness (QED) is 0.571. The van der Waals surface area contributed by atoms with Crippen LogP contribution in [-0.4, -0.2) is 37.1 Å². The monoisotopic (exact) mass is 353 g/mol. The minimum atomic E-state index is -0.820. The maximum Gasteiger partial charge on any atom is 0.260 e. The van der Waals surface area contributed by atoms with Gasteiger partial charge in [-0.2, -0.15) is 0 Å². The lowest BCUT2D eigenvalue weighted by molar-refractivity contribution is 0.0296. The number of hydrogen-bond donors (Lipinski definition) is 0. The molecule has 92 valence electrons. The molecule has 1 aliphatic rings. The van der Waals surface area contributed by atoms with Crippen LogP contribution in [-0.2, 0) is 4.74 Å². The molecule has 3 nitrogen and oxygen atoms in total. The zero-order chi connectivity index (χ0) is 12.4. The fourth-order valence-corrected chi connectivity index (χ4v) is 2.10. The molecule has 0 atom stereocenters. The van der Waals surface area contributed by atoms with Crippen LogP contribution in [0.3, 0.4) is 0 Å². The Kier molecular flexibility index (Phi) is 3.93. The van der Waals surface area contributed by atoms with Gasteiger partial charge in [0, 0.05) is 16.7 Å². The Hall–Kier alpha value is -0.760. The highest BCUT2D eigenvalue weighted by molar-refractivity contribution is 14.1. The van der Waals surface area contributed by atoms with Crippen molar-refractivity contribution in [1.82, 2.24) is 4.90 Å². The molecule has 6 heteroatoms. The van der Waals surface area contributed by atoms with Crippen molar-refractivity contribution in [3.8, 4) is 0 Å². The summed E-state index contributed by atoms with van der Waals surface area (Å²) in [6.07, 6.45) is 0. The summed E-state index contributed by atoms with van der Waals surface area (Å²) in [6, 6.07) is 2.42. The van der Waals surface area contributed by atoms with E-state index in [1.165, 1.54) is 11.0 Å². The molecule has 1 amide bonds. The molecule has 0 spiro atoms. The zero-order valence-corrected chi connectivity index (χ0v) is 11.0. The van der Waals surface area contributed by atoms with Crippen molar-refractivity contribution in [2.24, 2.45) is 0 Å². The summed E-state index contributed by atoms with van der Waals surface area (Å²) in [6.45, 7) is 1.53. The Balaban J connectivity index is 2.32. The Morgan fingerprint density at radius 2 is 1.94 bits per heavy atom. The maximum absolute atomic E-state index is 13.7. The largest absolute Gasteiger partial charge is 0.378 e. The molecule has 1 saturated heterocycles. The van der Waals surface area contributed by atoms with Crippen molar-refractivity contribution < 1.29 is 18.3 Å². The van der Waals surface area contributed by atoms with Crippen LogP contribution in [0.1, 0.15) is 10.4 Å². The highest BCUT2D eigenvalue weighted by Gasteiger charge is 2.25.